The van der Waals surface area contributed by atoms with Gasteiger partial charge in [-0.25, -0.2) is 0 Å². The van der Waals surface area contributed by atoms with Crippen LogP contribution in [0.5, 0.6) is 0 Å². The second-order valence-electron chi connectivity index (χ2n) is 4.50. The zero-order valence-electron chi connectivity index (χ0n) is 11.2. The molecule has 1 aromatic heterocycles. The summed E-state index contributed by atoms with van der Waals surface area (Å²) in [5, 5.41) is 0. The van der Waals surface area contributed by atoms with Crippen LogP contribution in [0.4, 0.5) is 0 Å². The molecule has 1 aromatic carbocycles. The Kier molecular flexibility index (Phi) is 5.05. The first-order chi connectivity index (χ1) is 10.1. The van der Waals surface area contributed by atoms with Crippen LogP contribution in [0.25, 0.3) is 0 Å². The number of nitrogens with zero attached hydrogens (tertiary/aromatic N) is 2. The Labute approximate surface area is 130 Å². The molecular formula is C15H14BrN3O2. The monoisotopic (exact) mass is 347 g/mol. The van der Waals surface area contributed by atoms with Gasteiger partial charge in [0.05, 0.1) is 12.1 Å². The molecule has 21 heavy (non-hydrogen) atoms. The number of carbonyl (C=O) groups excluding carboxylic acids is 2. The molecule has 0 fully saturated rings. The molecule has 0 saturated heterocycles. The number of amides is 2. The maximum Gasteiger partial charge on any atom is 0.256 e. The van der Waals surface area contributed by atoms with Gasteiger partial charge in [-0.15, -0.1) is 0 Å². The van der Waals surface area contributed by atoms with E-state index in [1.54, 1.807) is 18.3 Å². The summed E-state index contributed by atoms with van der Waals surface area (Å²) in [4.78, 5) is 28.9. The van der Waals surface area contributed by atoms with Gasteiger partial charge in [0.15, 0.2) is 0 Å². The number of nitrogens with two attached hydrogens (primary N) is 1. The van der Waals surface area contributed by atoms with Crippen molar-refractivity contribution in [2.24, 2.45) is 5.73 Å². The number of pyridine rings is 1. The summed E-state index contributed by atoms with van der Waals surface area (Å²) in [6, 6.07) is 10.9. The average molecular weight is 348 g/mol. The Balaban J connectivity index is 2.20. The van der Waals surface area contributed by atoms with E-state index >= 15 is 0 Å². The summed E-state index contributed by atoms with van der Waals surface area (Å²) in [5.74, 6) is -0.825. The normalized spacial score (nSPS) is 10.1. The highest BCUT2D eigenvalue weighted by Gasteiger charge is 2.18. The van der Waals surface area contributed by atoms with E-state index in [0.29, 0.717) is 12.1 Å². The molecule has 0 aliphatic rings. The lowest BCUT2D eigenvalue weighted by molar-refractivity contribution is -0.118. The molecule has 0 saturated carbocycles. The molecule has 5 nitrogen and oxygen atoms in total. The van der Waals surface area contributed by atoms with Crippen molar-refractivity contribution in [3.8, 4) is 0 Å². The van der Waals surface area contributed by atoms with Crippen LogP contribution in [0.15, 0.2) is 53.3 Å². The standard InChI is InChI=1S/C15H14BrN3O2/c16-13-5-3-11(4-6-13)9-19(10-14(17)20)15(21)12-2-1-7-18-8-12/h1-8H,9-10H2,(H2,17,20). The van der Waals surface area contributed by atoms with Crippen molar-refractivity contribution in [2.45, 2.75) is 6.54 Å². The predicted molar refractivity (Wildman–Crippen MR) is 82.3 cm³/mol. The number of hydrogen-bond acceptors (Lipinski definition) is 3. The summed E-state index contributed by atoms with van der Waals surface area (Å²) < 4.78 is 0.950. The zero-order valence-corrected chi connectivity index (χ0v) is 12.8. The van der Waals surface area contributed by atoms with Crippen LogP contribution in [0.3, 0.4) is 0 Å². The Bertz CT molecular complexity index is 629. The quantitative estimate of drug-likeness (QED) is 0.898. The molecule has 0 atom stereocenters. The first-order valence-electron chi connectivity index (χ1n) is 6.28. The van der Waals surface area contributed by atoms with E-state index in [-0.39, 0.29) is 12.5 Å². The number of benzene rings is 1. The Hall–Kier alpha value is -2.21. The molecule has 108 valence electrons. The Morgan fingerprint density at radius 2 is 1.90 bits per heavy atom. The largest absolute Gasteiger partial charge is 0.368 e. The lowest BCUT2D eigenvalue weighted by Gasteiger charge is -2.21. The van der Waals surface area contributed by atoms with Crippen LogP contribution in [0.1, 0.15) is 15.9 Å². The highest BCUT2D eigenvalue weighted by Crippen LogP contribution is 2.13. The number of halogens is 1. The van der Waals surface area contributed by atoms with Crippen LogP contribution in [0, 0.1) is 0 Å². The molecule has 0 bridgehead atoms. The van der Waals surface area contributed by atoms with E-state index in [2.05, 4.69) is 20.9 Å². The minimum absolute atomic E-state index is 0.135. The highest BCUT2D eigenvalue weighted by molar-refractivity contribution is 9.10. The Morgan fingerprint density at radius 1 is 1.19 bits per heavy atom. The Morgan fingerprint density at radius 3 is 2.48 bits per heavy atom. The average Bonchev–Trinajstić information content (AvgIpc) is 2.48. The van der Waals surface area contributed by atoms with Gasteiger partial charge in [0.1, 0.15) is 0 Å². The molecule has 0 aliphatic carbocycles. The zero-order chi connectivity index (χ0) is 15.2. The molecule has 2 rings (SSSR count). The summed E-state index contributed by atoms with van der Waals surface area (Å²) in [5.41, 5.74) is 6.57. The van der Waals surface area contributed by atoms with Gasteiger partial charge in [-0.3, -0.25) is 14.6 Å². The summed E-state index contributed by atoms with van der Waals surface area (Å²) in [7, 11) is 0. The van der Waals surface area contributed by atoms with Crippen molar-refractivity contribution in [1.82, 2.24) is 9.88 Å². The van der Waals surface area contributed by atoms with Crippen LogP contribution >= 0.6 is 15.9 Å². The van der Waals surface area contributed by atoms with Crippen molar-refractivity contribution in [3.05, 3.63) is 64.4 Å². The van der Waals surface area contributed by atoms with Gasteiger partial charge in [-0.1, -0.05) is 28.1 Å². The van der Waals surface area contributed by atoms with Crippen molar-refractivity contribution >= 4 is 27.7 Å². The second kappa shape index (κ2) is 6.99. The minimum atomic E-state index is -0.552. The first-order valence-corrected chi connectivity index (χ1v) is 7.07. The lowest BCUT2D eigenvalue weighted by atomic mass is 10.2. The second-order valence-corrected chi connectivity index (χ2v) is 5.41. The summed E-state index contributed by atoms with van der Waals surface area (Å²) in [6.45, 7) is 0.174. The van der Waals surface area contributed by atoms with Gasteiger partial charge in [0, 0.05) is 23.4 Å². The van der Waals surface area contributed by atoms with Crippen LogP contribution < -0.4 is 5.73 Å². The third-order valence-electron chi connectivity index (χ3n) is 2.83. The molecule has 6 heteroatoms. The van der Waals surface area contributed by atoms with E-state index in [1.807, 2.05) is 24.3 Å². The van der Waals surface area contributed by atoms with Gasteiger partial charge in [0.25, 0.3) is 5.91 Å². The van der Waals surface area contributed by atoms with Crippen LogP contribution in [0.2, 0.25) is 0 Å². The van der Waals surface area contributed by atoms with Crippen molar-refractivity contribution in [2.75, 3.05) is 6.54 Å². The number of rotatable bonds is 5. The summed E-state index contributed by atoms with van der Waals surface area (Å²) in [6.07, 6.45) is 3.06. The SMILES string of the molecule is NC(=O)CN(Cc1ccc(Br)cc1)C(=O)c1cccnc1. The van der Waals surface area contributed by atoms with E-state index in [1.165, 1.54) is 11.1 Å². The van der Waals surface area contributed by atoms with Crippen molar-refractivity contribution in [1.29, 1.82) is 0 Å². The number of hydrogen-bond donors (Lipinski definition) is 1. The molecule has 2 aromatic rings. The van der Waals surface area contributed by atoms with E-state index in [4.69, 9.17) is 5.73 Å². The molecule has 0 aliphatic heterocycles. The highest BCUT2D eigenvalue weighted by atomic mass is 79.9. The fourth-order valence-corrected chi connectivity index (χ4v) is 2.13. The van der Waals surface area contributed by atoms with Crippen molar-refractivity contribution < 1.29 is 9.59 Å². The third kappa shape index (κ3) is 4.39. The van der Waals surface area contributed by atoms with Gasteiger partial charge in [-0.05, 0) is 29.8 Å². The third-order valence-corrected chi connectivity index (χ3v) is 3.36. The van der Waals surface area contributed by atoms with Crippen LogP contribution in [-0.4, -0.2) is 28.2 Å². The van der Waals surface area contributed by atoms with Gasteiger partial charge < -0.3 is 10.6 Å². The fourth-order valence-electron chi connectivity index (χ4n) is 1.87. The number of aromatic nitrogens is 1. The molecular weight excluding hydrogens is 334 g/mol. The molecule has 1 heterocycles. The topological polar surface area (TPSA) is 76.3 Å². The van der Waals surface area contributed by atoms with E-state index < -0.39 is 5.91 Å². The predicted octanol–water partition coefficient (Wildman–Crippen LogP) is 1.97. The molecule has 0 radical (unpaired) electrons. The fraction of sp³-hybridized carbons (Fsp3) is 0.133. The smallest absolute Gasteiger partial charge is 0.256 e. The van der Waals surface area contributed by atoms with Crippen LogP contribution in [-0.2, 0) is 11.3 Å². The maximum absolute atomic E-state index is 12.4. The van der Waals surface area contributed by atoms with E-state index in [0.717, 1.165) is 10.0 Å². The van der Waals surface area contributed by atoms with Gasteiger partial charge in [-0.2, -0.15) is 0 Å². The number of primary amides is 1. The minimum Gasteiger partial charge on any atom is -0.368 e. The van der Waals surface area contributed by atoms with Gasteiger partial charge >= 0.3 is 0 Å². The first kappa shape index (κ1) is 15.2. The van der Waals surface area contributed by atoms with E-state index in [9.17, 15) is 9.59 Å². The molecule has 0 unspecified atom stereocenters. The summed E-state index contributed by atoms with van der Waals surface area (Å²) >= 11 is 3.35. The molecule has 2 N–H and O–H groups in total. The molecule has 0 spiro atoms. The maximum atomic E-state index is 12.4. The number of carbonyl (C=O) groups is 2. The lowest BCUT2D eigenvalue weighted by Crippen LogP contribution is -2.38. The van der Waals surface area contributed by atoms with Gasteiger partial charge in [0.2, 0.25) is 5.91 Å². The molecule has 2 amide bonds. The van der Waals surface area contributed by atoms with Crippen molar-refractivity contribution in [3.63, 3.8) is 0 Å².